The second-order valence-electron chi connectivity index (χ2n) is 6.63. The molecule has 0 bridgehead atoms. The van der Waals surface area contributed by atoms with Crippen molar-refractivity contribution in [2.24, 2.45) is 0 Å². The average Bonchev–Trinajstić information content (AvgIpc) is 2.74. The van der Waals surface area contributed by atoms with Crippen LogP contribution in [0.15, 0.2) is 83.8 Å². The maximum atomic E-state index is 13.8. The van der Waals surface area contributed by atoms with Crippen LogP contribution in [0.2, 0.25) is 0 Å². The van der Waals surface area contributed by atoms with Gasteiger partial charge in [0.2, 0.25) is 0 Å². The molecule has 3 rings (SSSR count). The summed E-state index contributed by atoms with van der Waals surface area (Å²) in [5.41, 5.74) is 1.15. The Kier molecular flexibility index (Phi) is 6.29. The first-order valence-electron chi connectivity index (χ1n) is 9.07. The number of rotatable bonds is 7. The molecule has 5 nitrogen and oxygen atoms in total. The van der Waals surface area contributed by atoms with Gasteiger partial charge in [0.25, 0.3) is 15.9 Å². The van der Waals surface area contributed by atoms with Crippen molar-refractivity contribution in [1.29, 1.82) is 0 Å². The van der Waals surface area contributed by atoms with Gasteiger partial charge in [0.15, 0.2) is 0 Å². The SMILES string of the molecule is CC(CNC(=O)c1cccc(S(=O)(=O)Nc2ccccc2F)c1)c1ccccc1. The van der Waals surface area contributed by atoms with E-state index in [1.54, 1.807) is 0 Å². The minimum Gasteiger partial charge on any atom is -0.351 e. The van der Waals surface area contributed by atoms with Crippen molar-refractivity contribution in [1.82, 2.24) is 5.32 Å². The summed E-state index contributed by atoms with van der Waals surface area (Å²) in [5.74, 6) is -0.953. The van der Waals surface area contributed by atoms with Crippen LogP contribution in [0.25, 0.3) is 0 Å². The average molecular weight is 412 g/mol. The Morgan fingerprint density at radius 2 is 1.66 bits per heavy atom. The third-order valence-corrected chi connectivity index (χ3v) is 5.83. The lowest BCUT2D eigenvalue weighted by molar-refractivity contribution is 0.0951. The maximum Gasteiger partial charge on any atom is 0.262 e. The first-order chi connectivity index (χ1) is 13.9. The van der Waals surface area contributed by atoms with Crippen molar-refractivity contribution >= 4 is 21.6 Å². The summed E-state index contributed by atoms with van der Waals surface area (Å²) in [4.78, 5) is 12.4. The summed E-state index contributed by atoms with van der Waals surface area (Å²) in [6.45, 7) is 2.40. The number of benzene rings is 3. The molecular weight excluding hydrogens is 391 g/mol. The summed E-state index contributed by atoms with van der Waals surface area (Å²) >= 11 is 0. The van der Waals surface area contributed by atoms with Gasteiger partial charge in [-0.25, -0.2) is 12.8 Å². The van der Waals surface area contributed by atoms with Crippen LogP contribution in [0.1, 0.15) is 28.8 Å². The highest BCUT2D eigenvalue weighted by molar-refractivity contribution is 7.92. The standard InChI is InChI=1S/C22H21FN2O3S/c1-16(17-8-3-2-4-9-17)15-24-22(26)18-10-7-11-19(14-18)29(27,28)25-21-13-6-5-12-20(21)23/h2-14,16,25H,15H2,1H3,(H,24,26). The van der Waals surface area contributed by atoms with Gasteiger partial charge in [0.1, 0.15) is 5.82 Å². The number of nitrogens with one attached hydrogen (secondary N) is 2. The topological polar surface area (TPSA) is 75.3 Å². The Morgan fingerprint density at radius 3 is 2.38 bits per heavy atom. The molecule has 0 aliphatic heterocycles. The number of hydrogen-bond acceptors (Lipinski definition) is 3. The van der Waals surface area contributed by atoms with Crippen molar-refractivity contribution in [2.45, 2.75) is 17.7 Å². The van der Waals surface area contributed by atoms with Crippen molar-refractivity contribution < 1.29 is 17.6 Å². The quantitative estimate of drug-likeness (QED) is 0.612. The van der Waals surface area contributed by atoms with Crippen LogP contribution in [0.3, 0.4) is 0 Å². The summed E-state index contributed by atoms with van der Waals surface area (Å²) in [6, 6.07) is 20.9. The van der Waals surface area contributed by atoms with E-state index in [0.717, 1.165) is 11.6 Å². The molecule has 0 spiro atoms. The fourth-order valence-corrected chi connectivity index (χ4v) is 3.91. The lowest BCUT2D eigenvalue weighted by atomic mass is 10.0. The predicted molar refractivity (Wildman–Crippen MR) is 111 cm³/mol. The van der Waals surface area contributed by atoms with Crippen LogP contribution in [0.5, 0.6) is 0 Å². The molecule has 1 unspecified atom stereocenters. The van der Waals surface area contributed by atoms with E-state index in [0.29, 0.717) is 6.54 Å². The lowest BCUT2D eigenvalue weighted by Gasteiger charge is -2.14. The molecule has 0 aliphatic rings. The van der Waals surface area contributed by atoms with Crippen LogP contribution in [0.4, 0.5) is 10.1 Å². The zero-order valence-electron chi connectivity index (χ0n) is 15.8. The number of sulfonamides is 1. The van der Waals surface area contributed by atoms with Crippen molar-refractivity contribution in [2.75, 3.05) is 11.3 Å². The van der Waals surface area contributed by atoms with E-state index in [1.807, 2.05) is 37.3 Å². The Hall–Kier alpha value is -3.19. The first-order valence-corrected chi connectivity index (χ1v) is 10.6. The van der Waals surface area contributed by atoms with Gasteiger partial charge in [-0.2, -0.15) is 0 Å². The molecule has 7 heteroatoms. The molecule has 0 heterocycles. The molecule has 0 saturated heterocycles. The molecule has 1 amide bonds. The molecule has 0 aliphatic carbocycles. The Morgan fingerprint density at radius 1 is 0.966 bits per heavy atom. The second-order valence-corrected chi connectivity index (χ2v) is 8.32. The molecule has 0 saturated carbocycles. The molecular formula is C22H21FN2O3S. The molecule has 0 fully saturated rings. The van der Waals surface area contributed by atoms with E-state index < -0.39 is 15.8 Å². The van der Waals surface area contributed by atoms with E-state index in [4.69, 9.17) is 0 Å². The zero-order valence-corrected chi connectivity index (χ0v) is 16.6. The Labute approximate surface area is 169 Å². The van der Waals surface area contributed by atoms with Crippen LogP contribution < -0.4 is 10.0 Å². The van der Waals surface area contributed by atoms with E-state index >= 15 is 0 Å². The van der Waals surface area contributed by atoms with Gasteiger partial charge in [-0.15, -0.1) is 0 Å². The minimum absolute atomic E-state index is 0.106. The number of para-hydroxylation sites is 1. The van der Waals surface area contributed by atoms with E-state index in [1.165, 1.54) is 42.5 Å². The summed E-state index contributed by atoms with van der Waals surface area (Å²) in [5, 5.41) is 2.82. The van der Waals surface area contributed by atoms with Gasteiger partial charge in [-0.1, -0.05) is 55.5 Å². The van der Waals surface area contributed by atoms with Crippen molar-refractivity contribution in [3.8, 4) is 0 Å². The molecule has 3 aromatic rings. The Balaban J connectivity index is 1.71. The number of anilines is 1. The molecule has 29 heavy (non-hydrogen) atoms. The van der Waals surface area contributed by atoms with E-state index in [9.17, 15) is 17.6 Å². The number of halogens is 1. The number of carbonyl (C=O) groups excluding carboxylic acids is 1. The fraction of sp³-hybridized carbons (Fsp3) is 0.136. The van der Waals surface area contributed by atoms with Gasteiger partial charge >= 0.3 is 0 Å². The highest BCUT2D eigenvalue weighted by Crippen LogP contribution is 2.20. The third-order valence-electron chi connectivity index (χ3n) is 4.46. The van der Waals surface area contributed by atoms with Crippen molar-refractivity contribution in [3.05, 3.63) is 95.8 Å². The zero-order chi connectivity index (χ0) is 20.9. The highest BCUT2D eigenvalue weighted by Gasteiger charge is 2.18. The predicted octanol–water partition coefficient (Wildman–Crippen LogP) is 4.16. The Bertz CT molecular complexity index is 1100. The van der Waals surface area contributed by atoms with E-state index in [2.05, 4.69) is 10.0 Å². The third kappa shape index (κ3) is 5.20. The maximum absolute atomic E-state index is 13.8. The van der Waals surface area contributed by atoms with Gasteiger partial charge in [0.05, 0.1) is 10.6 Å². The van der Waals surface area contributed by atoms with Gasteiger partial charge in [-0.05, 0) is 41.8 Å². The van der Waals surface area contributed by atoms with Crippen LogP contribution >= 0.6 is 0 Å². The number of carbonyl (C=O) groups is 1. The van der Waals surface area contributed by atoms with Gasteiger partial charge in [-0.3, -0.25) is 9.52 Å². The normalized spacial score (nSPS) is 12.2. The van der Waals surface area contributed by atoms with Crippen LogP contribution in [-0.2, 0) is 10.0 Å². The first kappa shape index (κ1) is 20.5. The molecule has 0 aromatic heterocycles. The highest BCUT2D eigenvalue weighted by atomic mass is 32.2. The molecule has 150 valence electrons. The van der Waals surface area contributed by atoms with Crippen LogP contribution in [-0.4, -0.2) is 20.9 Å². The summed E-state index contributed by atoms with van der Waals surface area (Å²) in [7, 11) is -4.04. The van der Waals surface area contributed by atoms with Crippen molar-refractivity contribution in [3.63, 3.8) is 0 Å². The summed E-state index contributed by atoms with van der Waals surface area (Å²) < 4.78 is 41.1. The second kappa shape index (κ2) is 8.87. The van der Waals surface area contributed by atoms with Gasteiger partial charge in [0, 0.05) is 12.1 Å². The van der Waals surface area contributed by atoms with E-state index in [-0.39, 0.29) is 28.0 Å². The molecule has 1 atom stereocenters. The smallest absolute Gasteiger partial charge is 0.262 e. The summed E-state index contributed by atoms with van der Waals surface area (Å²) in [6.07, 6.45) is 0. The fourth-order valence-electron chi connectivity index (χ4n) is 2.80. The van der Waals surface area contributed by atoms with Gasteiger partial charge < -0.3 is 5.32 Å². The number of hydrogen-bond donors (Lipinski definition) is 2. The minimum atomic E-state index is -4.04. The molecule has 2 N–H and O–H groups in total. The lowest BCUT2D eigenvalue weighted by Crippen LogP contribution is -2.27. The number of amides is 1. The van der Waals surface area contributed by atoms with Crippen LogP contribution in [0, 0.1) is 5.82 Å². The molecule has 0 radical (unpaired) electrons. The monoisotopic (exact) mass is 412 g/mol. The molecule has 3 aromatic carbocycles. The largest absolute Gasteiger partial charge is 0.351 e.